The van der Waals surface area contributed by atoms with Crippen LogP contribution in [0.4, 0.5) is 15.9 Å². The fraction of sp³-hybridized carbons (Fsp3) is 0.136. The summed E-state index contributed by atoms with van der Waals surface area (Å²) in [5, 5.41) is 8.91. The fourth-order valence-electron chi connectivity index (χ4n) is 3.34. The molecule has 2 N–H and O–H groups in total. The molecule has 0 atom stereocenters. The summed E-state index contributed by atoms with van der Waals surface area (Å²) in [5.74, 6) is 1.50. The molecule has 7 nitrogen and oxygen atoms in total. The van der Waals surface area contributed by atoms with Crippen LogP contribution in [0.15, 0.2) is 54.2 Å². The van der Waals surface area contributed by atoms with Crippen LogP contribution in [-0.2, 0) is 4.79 Å². The van der Waals surface area contributed by atoms with E-state index >= 15 is 0 Å². The molecule has 156 valence electrons. The van der Waals surface area contributed by atoms with Gasteiger partial charge in [-0.2, -0.15) is 0 Å². The Labute approximate surface area is 180 Å². The average Bonchev–Trinajstić information content (AvgIpc) is 3.41. The molecule has 0 fully saturated rings. The average molecular weight is 436 g/mol. The van der Waals surface area contributed by atoms with Crippen LogP contribution in [0.2, 0.25) is 0 Å². The van der Waals surface area contributed by atoms with Gasteiger partial charge in [-0.3, -0.25) is 4.79 Å². The van der Waals surface area contributed by atoms with Crippen LogP contribution in [0.5, 0.6) is 11.5 Å². The van der Waals surface area contributed by atoms with Crippen molar-refractivity contribution in [1.82, 2.24) is 9.97 Å². The van der Waals surface area contributed by atoms with Crippen molar-refractivity contribution in [2.75, 3.05) is 24.0 Å². The van der Waals surface area contributed by atoms with Crippen LogP contribution in [0.25, 0.3) is 21.3 Å². The van der Waals surface area contributed by atoms with Crippen LogP contribution in [-0.4, -0.2) is 29.2 Å². The zero-order chi connectivity index (χ0) is 21.2. The number of aromatic nitrogens is 2. The van der Waals surface area contributed by atoms with Crippen molar-refractivity contribution in [1.29, 1.82) is 0 Å². The van der Waals surface area contributed by atoms with E-state index in [1.807, 2.05) is 5.38 Å². The number of hydrogen-bond donors (Lipinski definition) is 2. The number of halogens is 1. The molecule has 4 aromatic rings. The molecule has 31 heavy (non-hydrogen) atoms. The second-order valence-electron chi connectivity index (χ2n) is 6.85. The number of amides is 1. The highest BCUT2D eigenvalue weighted by atomic mass is 32.1. The predicted octanol–water partition coefficient (Wildman–Crippen LogP) is 4.67. The fourth-order valence-corrected chi connectivity index (χ4v) is 4.26. The Morgan fingerprint density at radius 2 is 1.94 bits per heavy atom. The molecule has 1 aliphatic heterocycles. The van der Waals surface area contributed by atoms with Crippen molar-refractivity contribution in [2.24, 2.45) is 0 Å². The molecule has 5 rings (SSSR count). The number of carbonyl (C=O) groups excluding carboxylic acids is 1. The number of carbonyl (C=O) groups is 1. The third-order valence-corrected chi connectivity index (χ3v) is 5.71. The Morgan fingerprint density at radius 3 is 2.81 bits per heavy atom. The van der Waals surface area contributed by atoms with Crippen LogP contribution in [0.3, 0.4) is 0 Å². The summed E-state index contributed by atoms with van der Waals surface area (Å²) in [5.41, 5.74) is 2.45. The molecule has 1 aliphatic rings. The van der Waals surface area contributed by atoms with E-state index in [1.54, 1.807) is 30.3 Å². The standard InChI is InChI=1S/C22H17FN4O3S/c23-14-3-1-13(2-4-14)16-10-31-22-20(16)21(25-11-26-22)24-8-7-19(28)27-15-5-6-17-18(9-15)30-12-29-17/h1-6,9-11H,7-8,12H2,(H,27,28)(H,24,25,26). The maximum Gasteiger partial charge on any atom is 0.231 e. The van der Waals surface area contributed by atoms with Gasteiger partial charge in [0, 0.05) is 35.7 Å². The zero-order valence-corrected chi connectivity index (χ0v) is 17.0. The third kappa shape index (κ3) is 3.99. The molecule has 0 unspecified atom stereocenters. The van der Waals surface area contributed by atoms with Gasteiger partial charge in [0.2, 0.25) is 12.7 Å². The number of hydrogen-bond acceptors (Lipinski definition) is 7. The smallest absolute Gasteiger partial charge is 0.231 e. The first kappa shape index (κ1) is 19.3. The number of thiophene rings is 1. The van der Waals surface area contributed by atoms with E-state index in [1.165, 1.54) is 29.8 Å². The molecule has 9 heteroatoms. The lowest BCUT2D eigenvalue weighted by Crippen LogP contribution is -2.16. The highest BCUT2D eigenvalue weighted by Crippen LogP contribution is 2.36. The Kier molecular flexibility index (Phi) is 5.09. The number of anilines is 2. The van der Waals surface area contributed by atoms with Crippen LogP contribution < -0.4 is 20.1 Å². The topological polar surface area (TPSA) is 85.4 Å². The normalized spacial score (nSPS) is 12.2. The molecule has 0 aliphatic carbocycles. The zero-order valence-electron chi connectivity index (χ0n) is 16.2. The van der Waals surface area contributed by atoms with Gasteiger partial charge in [0.25, 0.3) is 0 Å². The first-order chi connectivity index (χ1) is 15.2. The minimum atomic E-state index is -0.286. The van der Waals surface area contributed by atoms with Crippen molar-refractivity contribution >= 4 is 39.0 Å². The SMILES string of the molecule is O=C(CCNc1ncnc2scc(-c3ccc(F)cc3)c12)Nc1ccc2c(c1)OCO2. The number of nitrogens with zero attached hydrogens (tertiary/aromatic N) is 2. The summed E-state index contributed by atoms with van der Waals surface area (Å²) < 4.78 is 23.9. The maximum atomic E-state index is 13.3. The molecule has 2 aromatic heterocycles. The lowest BCUT2D eigenvalue weighted by molar-refractivity contribution is -0.115. The van der Waals surface area contributed by atoms with Crippen LogP contribution in [0, 0.1) is 5.82 Å². The van der Waals surface area contributed by atoms with Gasteiger partial charge >= 0.3 is 0 Å². The van der Waals surface area contributed by atoms with Gasteiger partial charge in [-0.15, -0.1) is 11.3 Å². The largest absolute Gasteiger partial charge is 0.454 e. The van der Waals surface area contributed by atoms with Crippen molar-refractivity contribution in [3.05, 3.63) is 60.0 Å². The predicted molar refractivity (Wildman–Crippen MR) is 117 cm³/mol. The number of fused-ring (bicyclic) bond motifs is 2. The van der Waals surface area contributed by atoms with Gasteiger partial charge in [-0.05, 0) is 29.8 Å². The third-order valence-electron chi connectivity index (χ3n) is 4.83. The van der Waals surface area contributed by atoms with E-state index < -0.39 is 0 Å². The van der Waals surface area contributed by atoms with Gasteiger partial charge in [0.15, 0.2) is 11.5 Å². The van der Waals surface area contributed by atoms with Gasteiger partial charge in [0.1, 0.15) is 22.8 Å². The molecular weight excluding hydrogens is 419 g/mol. The summed E-state index contributed by atoms with van der Waals surface area (Å²) in [6.45, 7) is 0.577. The van der Waals surface area contributed by atoms with Crippen molar-refractivity contribution in [3.8, 4) is 22.6 Å². The lowest BCUT2D eigenvalue weighted by atomic mass is 10.1. The van der Waals surface area contributed by atoms with Crippen molar-refractivity contribution < 1.29 is 18.7 Å². The molecule has 0 saturated carbocycles. The van der Waals surface area contributed by atoms with Gasteiger partial charge in [-0.1, -0.05) is 12.1 Å². The molecule has 0 bridgehead atoms. The maximum absolute atomic E-state index is 13.3. The first-order valence-electron chi connectivity index (χ1n) is 9.59. The van der Waals surface area contributed by atoms with Gasteiger partial charge in [-0.25, -0.2) is 14.4 Å². The van der Waals surface area contributed by atoms with E-state index in [0.717, 1.165) is 21.3 Å². The number of benzene rings is 2. The monoisotopic (exact) mass is 436 g/mol. The van der Waals surface area contributed by atoms with E-state index in [9.17, 15) is 9.18 Å². The minimum absolute atomic E-state index is 0.138. The number of ether oxygens (including phenoxy) is 2. The van der Waals surface area contributed by atoms with Gasteiger partial charge in [0.05, 0.1) is 5.39 Å². The van der Waals surface area contributed by atoms with E-state index in [0.29, 0.717) is 29.5 Å². The minimum Gasteiger partial charge on any atom is -0.454 e. The second-order valence-corrected chi connectivity index (χ2v) is 7.71. The van der Waals surface area contributed by atoms with E-state index in [4.69, 9.17) is 9.47 Å². The van der Waals surface area contributed by atoms with Gasteiger partial charge < -0.3 is 20.1 Å². The highest BCUT2D eigenvalue weighted by Gasteiger charge is 2.15. The van der Waals surface area contributed by atoms with Crippen molar-refractivity contribution in [2.45, 2.75) is 6.42 Å². The van der Waals surface area contributed by atoms with E-state index in [-0.39, 0.29) is 24.9 Å². The summed E-state index contributed by atoms with van der Waals surface area (Å²) in [6, 6.07) is 11.6. The Balaban J connectivity index is 1.27. The molecule has 3 heterocycles. The summed E-state index contributed by atoms with van der Waals surface area (Å²) in [4.78, 5) is 21.8. The summed E-state index contributed by atoms with van der Waals surface area (Å²) in [7, 11) is 0. The molecular formula is C22H17FN4O3S. The Bertz CT molecular complexity index is 1260. The lowest BCUT2D eigenvalue weighted by Gasteiger charge is -2.09. The van der Waals surface area contributed by atoms with Crippen LogP contribution in [0.1, 0.15) is 6.42 Å². The number of rotatable bonds is 6. The second kappa shape index (κ2) is 8.19. The first-order valence-corrected chi connectivity index (χ1v) is 10.5. The summed E-state index contributed by atoms with van der Waals surface area (Å²) in [6.07, 6.45) is 1.73. The quantitative estimate of drug-likeness (QED) is 0.457. The number of nitrogens with one attached hydrogen (secondary N) is 2. The Morgan fingerprint density at radius 1 is 1.10 bits per heavy atom. The molecule has 1 amide bonds. The van der Waals surface area contributed by atoms with Crippen molar-refractivity contribution in [3.63, 3.8) is 0 Å². The Hall–Kier alpha value is -3.72. The molecule has 0 radical (unpaired) electrons. The highest BCUT2D eigenvalue weighted by molar-refractivity contribution is 7.17. The molecule has 0 saturated heterocycles. The molecule has 0 spiro atoms. The van der Waals surface area contributed by atoms with E-state index in [2.05, 4.69) is 20.6 Å². The molecule has 2 aromatic carbocycles. The summed E-state index contributed by atoms with van der Waals surface area (Å²) >= 11 is 1.49. The van der Waals surface area contributed by atoms with Crippen LogP contribution >= 0.6 is 11.3 Å².